The Kier molecular flexibility index (Phi) is 7.03. The Morgan fingerprint density at radius 3 is 2.58 bits per heavy atom. The van der Waals surface area contributed by atoms with Crippen LogP contribution in [0, 0.1) is 19.8 Å². The van der Waals surface area contributed by atoms with Gasteiger partial charge in [0.2, 0.25) is 0 Å². The van der Waals surface area contributed by atoms with Crippen molar-refractivity contribution in [3.8, 4) is 5.82 Å². The normalized spacial score (nSPS) is 15.0. The summed E-state index contributed by atoms with van der Waals surface area (Å²) in [6.45, 7) is 6.38. The minimum absolute atomic E-state index is 0. The number of nitrogens with one attached hydrogen (secondary N) is 1. The fourth-order valence-electron chi connectivity index (χ4n) is 3.34. The molecule has 1 N–H and O–H groups in total. The van der Waals surface area contributed by atoms with Crippen LogP contribution in [0.25, 0.3) is 5.82 Å². The van der Waals surface area contributed by atoms with Crippen LogP contribution in [-0.2, 0) is 0 Å². The number of hydrogen-bond acceptors (Lipinski definition) is 4. The van der Waals surface area contributed by atoms with Gasteiger partial charge in [-0.2, -0.15) is 5.10 Å². The van der Waals surface area contributed by atoms with E-state index >= 15 is 0 Å². The molecule has 0 saturated carbocycles. The highest BCUT2D eigenvalue weighted by Crippen LogP contribution is 2.22. The zero-order valence-electron chi connectivity index (χ0n) is 15.3. The Morgan fingerprint density at radius 2 is 2.00 bits per heavy atom. The predicted molar refractivity (Wildman–Crippen MR) is 106 cm³/mol. The highest BCUT2D eigenvalue weighted by atomic mass is 35.5. The molecule has 0 radical (unpaired) electrons. The molecule has 0 aromatic carbocycles. The van der Waals surface area contributed by atoms with E-state index in [9.17, 15) is 4.79 Å². The van der Waals surface area contributed by atoms with Crippen LogP contribution >= 0.6 is 24.0 Å². The van der Waals surface area contributed by atoms with Crippen LogP contribution in [0.3, 0.4) is 0 Å². The standard InChI is InChI=1S/C18H24ClN5O.ClH/c1-12-10-13(2)24(22-12)16-5-4-15(19)17(21-16)18(25)23-8-6-14(7-9-23)11-20-3;/h4-5,10,14,20H,6-9,11H2,1-3H3;1H. The van der Waals surface area contributed by atoms with Crippen LogP contribution in [0.4, 0.5) is 0 Å². The fourth-order valence-corrected chi connectivity index (χ4v) is 3.53. The van der Waals surface area contributed by atoms with Gasteiger partial charge < -0.3 is 10.2 Å². The number of aromatic nitrogens is 3. The van der Waals surface area contributed by atoms with E-state index in [1.54, 1.807) is 16.8 Å². The molecule has 0 bridgehead atoms. The number of pyridine rings is 1. The first-order valence-electron chi connectivity index (χ1n) is 8.63. The van der Waals surface area contributed by atoms with E-state index in [0.717, 1.165) is 43.9 Å². The highest BCUT2D eigenvalue weighted by Gasteiger charge is 2.26. The Bertz CT molecular complexity index is 769. The Morgan fingerprint density at radius 1 is 1.31 bits per heavy atom. The molecule has 1 fully saturated rings. The molecule has 26 heavy (non-hydrogen) atoms. The van der Waals surface area contributed by atoms with Crippen molar-refractivity contribution in [3.05, 3.63) is 40.3 Å². The summed E-state index contributed by atoms with van der Waals surface area (Å²) in [5.41, 5.74) is 2.19. The van der Waals surface area contributed by atoms with E-state index in [1.165, 1.54) is 0 Å². The van der Waals surface area contributed by atoms with Crippen LogP contribution in [0.5, 0.6) is 0 Å². The summed E-state index contributed by atoms with van der Waals surface area (Å²) in [6.07, 6.45) is 2.00. The molecule has 0 spiro atoms. The molecule has 1 aliphatic rings. The Hall–Kier alpha value is -1.63. The lowest BCUT2D eigenvalue weighted by molar-refractivity contribution is 0.0685. The molecule has 1 amide bonds. The van der Waals surface area contributed by atoms with Crippen LogP contribution in [-0.4, -0.2) is 52.3 Å². The van der Waals surface area contributed by atoms with Crippen molar-refractivity contribution >= 4 is 29.9 Å². The van der Waals surface area contributed by atoms with Gasteiger partial charge in [-0.3, -0.25) is 4.79 Å². The van der Waals surface area contributed by atoms with Gasteiger partial charge in [-0.15, -0.1) is 12.4 Å². The van der Waals surface area contributed by atoms with Gasteiger partial charge in [0, 0.05) is 18.8 Å². The number of aryl methyl sites for hydroxylation is 2. The second-order valence-corrected chi connectivity index (χ2v) is 7.04. The number of hydrogen-bond donors (Lipinski definition) is 1. The van der Waals surface area contributed by atoms with Gasteiger partial charge in [0.1, 0.15) is 5.69 Å². The summed E-state index contributed by atoms with van der Waals surface area (Å²) in [6, 6.07) is 5.49. The van der Waals surface area contributed by atoms with Gasteiger partial charge >= 0.3 is 0 Å². The molecule has 3 rings (SSSR count). The van der Waals surface area contributed by atoms with Gasteiger partial charge in [0.15, 0.2) is 5.82 Å². The number of halogens is 2. The molecule has 2 aromatic heterocycles. The zero-order chi connectivity index (χ0) is 18.0. The number of nitrogens with zero attached hydrogens (tertiary/aromatic N) is 4. The molecule has 1 aliphatic heterocycles. The van der Waals surface area contributed by atoms with Crippen molar-refractivity contribution in [2.45, 2.75) is 26.7 Å². The predicted octanol–water partition coefficient (Wildman–Crippen LogP) is 3.03. The van der Waals surface area contributed by atoms with Gasteiger partial charge in [0.25, 0.3) is 5.91 Å². The van der Waals surface area contributed by atoms with E-state index in [-0.39, 0.29) is 18.3 Å². The topological polar surface area (TPSA) is 63.1 Å². The van der Waals surface area contributed by atoms with Crippen molar-refractivity contribution in [1.29, 1.82) is 0 Å². The minimum atomic E-state index is -0.101. The summed E-state index contributed by atoms with van der Waals surface area (Å²) in [5.74, 6) is 1.14. The van der Waals surface area contributed by atoms with Crippen molar-refractivity contribution in [3.63, 3.8) is 0 Å². The maximum Gasteiger partial charge on any atom is 0.274 e. The van der Waals surface area contributed by atoms with E-state index in [2.05, 4.69) is 15.4 Å². The van der Waals surface area contributed by atoms with Crippen LogP contribution in [0.1, 0.15) is 34.7 Å². The highest BCUT2D eigenvalue weighted by molar-refractivity contribution is 6.33. The third kappa shape index (κ3) is 4.37. The Balaban J connectivity index is 0.00000243. The van der Waals surface area contributed by atoms with Crippen molar-refractivity contribution in [1.82, 2.24) is 25.0 Å². The maximum absolute atomic E-state index is 12.9. The average Bonchev–Trinajstić information content (AvgIpc) is 2.94. The number of rotatable bonds is 4. The molecule has 142 valence electrons. The summed E-state index contributed by atoms with van der Waals surface area (Å²) >= 11 is 6.27. The molecular weight excluding hydrogens is 373 g/mol. The van der Waals surface area contributed by atoms with Crippen molar-refractivity contribution < 1.29 is 4.79 Å². The second-order valence-electron chi connectivity index (χ2n) is 6.63. The Labute approximate surface area is 165 Å². The molecule has 2 aromatic rings. The van der Waals surface area contributed by atoms with Gasteiger partial charge in [0.05, 0.1) is 10.7 Å². The lowest BCUT2D eigenvalue weighted by Crippen LogP contribution is -2.40. The van der Waals surface area contributed by atoms with Gasteiger partial charge in [-0.1, -0.05) is 11.6 Å². The van der Waals surface area contributed by atoms with Crippen LogP contribution in [0.15, 0.2) is 18.2 Å². The number of likely N-dealkylation sites (tertiary alicyclic amines) is 1. The number of carbonyl (C=O) groups excluding carboxylic acids is 1. The lowest BCUT2D eigenvalue weighted by atomic mass is 9.96. The van der Waals surface area contributed by atoms with Crippen LogP contribution < -0.4 is 5.32 Å². The lowest BCUT2D eigenvalue weighted by Gasteiger charge is -2.31. The zero-order valence-corrected chi connectivity index (χ0v) is 16.9. The van der Waals surface area contributed by atoms with Crippen LogP contribution in [0.2, 0.25) is 5.02 Å². The first-order chi connectivity index (χ1) is 12.0. The summed E-state index contributed by atoms with van der Waals surface area (Å²) in [7, 11) is 1.96. The minimum Gasteiger partial charge on any atom is -0.337 e. The molecule has 0 atom stereocenters. The molecule has 8 heteroatoms. The van der Waals surface area contributed by atoms with E-state index in [0.29, 0.717) is 22.5 Å². The number of piperidine rings is 1. The fraction of sp³-hybridized carbons (Fsp3) is 0.500. The average molecular weight is 398 g/mol. The molecule has 1 saturated heterocycles. The summed E-state index contributed by atoms with van der Waals surface area (Å²) in [5, 5.41) is 8.02. The van der Waals surface area contributed by atoms with Crippen molar-refractivity contribution in [2.24, 2.45) is 5.92 Å². The van der Waals surface area contributed by atoms with Gasteiger partial charge in [-0.05, 0) is 64.4 Å². The molecule has 6 nitrogen and oxygen atoms in total. The van der Waals surface area contributed by atoms with Gasteiger partial charge in [-0.25, -0.2) is 9.67 Å². The third-order valence-corrected chi connectivity index (χ3v) is 4.96. The monoisotopic (exact) mass is 397 g/mol. The largest absolute Gasteiger partial charge is 0.337 e. The SMILES string of the molecule is CNCC1CCN(C(=O)c2nc(-n3nc(C)cc3C)ccc2Cl)CC1.Cl. The van der Waals surface area contributed by atoms with E-state index in [4.69, 9.17) is 11.6 Å². The van der Waals surface area contributed by atoms with E-state index in [1.807, 2.05) is 31.9 Å². The second kappa shape index (κ2) is 8.84. The number of amides is 1. The van der Waals surface area contributed by atoms with Crippen molar-refractivity contribution in [2.75, 3.05) is 26.7 Å². The first-order valence-corrected chi connectivity index (χ1v) is 9.01. The first kappa shape index (κ1) is 20.7. The smallest absolute Gasteiger partial charge is 0.274 e. The maximum atomic E-state index is 12.9. The molecular formula is C18H25Cl2N5O. The summed E-state index contributed by atoms with van der Waals surface area (Å²) < 4.78 is 1.74. The summed E-state index contributed by atoms with van der Waals surface area (Å²) in [4.78, 5) is 19.3. The number of carbonyl (C=O) groups is 1. The molecule has 0 aliphatic carbocycles. The van der Waals surface area contributed by atoms with E-state index < -0.39 is 0 Å². The molecule has 3 heterocycles. The molecule has 0 unspecified atom stereocenters. The third-order valence-electron chi connectivity index (χ3n) is 4.66. The quantitative estimate of drug-likeness (QED) is 0.860.